The normalized spacial score (nSPS) is 11.4. The van der Waals surface area contributed by atoms with Crippen LogP contribution in [0.25, 0.3) is 10.9 Å². The maximum Gasteiger partial charge on any atom is 0.416 e. The van der Waals surface area contributed by atoms with Gasteiger partial charge in [-0.3, -0.25) is 25.2 Å². The first-order valence-electron chi connectivity index (χ1n) is 7.24. The average Bonchev–Trinajstić information content (AvgIpc) is 2.60. The van der Waals surface area contributed by atoms with Crippen LogP contribution < -0.4 is 4.74 Å². The highest BCUT2D eigenvalue weighted by Gasteiger charge is 2.38. The second-order valence-electron chi connectivity index (χ2n) is 5.29. The summed E-state index contributed by atoms with van der Waals surface area (Å²) in [4.78, 5) is 24.2. The second kappa shape index (κ2) is 6.52. The summed E-state index contributed by atoms with van der Waals surface area (Å²) in [6.45, 7) is 0. The summed E-state index contributed by atoms with van der Waals surface area (Å²) in [6.07, 6.45) is -3.60. The van der Waals surface area contributed by atoms with E-state index in [4.69, 9.17) is 4.74 Å². The van der Waals surface area contributed by atoms with Gasteiger partial charge in [0.15, 0.2) is 5.75 Å². The number of nitrogens with zero attached hydrogens (tertiary/aromatic N) is 3. The van der Waals surface area contributed by atoms with E-state index in [9.17, 15) is 33.4 Å². The lowest BCUT2D eigenvalue weighted by Crippen LogP contribution is -2.08. The molecule has 138 valence electrons. The second-order valence-corrected chi connectivity index (χ2v) is 5.29. The smallest absolute Gasteiger partial charge is 0.416 e. The lowest BCUT2D eigenvalue weighted by Gasteiger charge is -2.11. The van der Waals surface area contributed by atoms with Gasteiger partial charge in [0.1, 0.15) is 5.52 Å². The number of benzene rings is 2. The third kappa shape index (κ3) is 3.47. The number of nitro groups is 2. The summed E-state index contributed by atoms with van der Waals surface area (Å²) in [7, 11) is 0. The predicted molar refractivity (Wildman–Crippen MR) is 86.6 cm³/mol. The summed E-state index contributed by atoms with van der Waals surface area (Å²) >= 11 is 0. The van der Waals surface area contributed by atoms with E-state index in [1.54, 1.807) is 18.2 Å². The molecule has 1 aromatic heterocycles. The van der Waals surface area contributed by atoms with E-state index < -0.39 is 38.7 Å². The predicted octanol–water partition coefficient (Wildman–Crippen LogP) is 4.86. The van der Waals surface area contributed by atoms with Crippen LogP contribution in [0.1, 0.15) is 5.56 Å². The van der Waals surface area contributed by atoms with Crippen LogP contribution in [0.2, 0.25) is 0 Å². The molecular weight excluding hydrogens is 371 g/mol. The van der Waals surface area contributed by atoms with Crippen LogP contribution >= 0.6 is 0 Å². The third-order valence-electron chi connectivity index (χ3n) is 3.58. The largest absolute Gasteiger partial charge is 0.442 e. The van der Waals surface area contributed by atoms with Gasteiger partial charge in [-0.15, -0.1) is 0 Å². The number of para-hydroxylation sites is 1. The fourth-order valence-electron chi connectivity index (χ4n) is 2.41. The van der Waals surface area contributed by atoms with Gasteiger partial charge in [-0.25, -0.2) is 0 Å². The SMILES string of the molecule is O=[N+]([O-])c1cc(C(F)(F)F)cc([N+](=O)[O-])c1Oc1cccc2cccnc12. The van der Waals surface area contributed by atoms with E-state index in [1.807, 2.05) is 0 Å². The Morgan fingerprint density at radius 1 is 0.963 bits per heavy atom. The molecule has 0 aliphatic carbocycles. The molecule has 0 unspecified atom stereocenters. The molecule has 0 N–H and O–H groups in total. The Morgan fingerprint density at radius 2 is 1.56 bits per heavy atom. The molecule has 11 heteroatoms. The Balaban J connectivity index is 2.25. The number of ether oxygens (including phenoxy) is 1. The fourth-order valence-corrected chi connectivity index (χ4v) is 2.41. The monoisotopic (exact) mass is 379 g/mol. The van der Waals surface area contributed by atoms with Crippen molar-refractivity contribution in [3.8, 4) is 11.5 Å². The molecule has 0 aliphatic heterocycles. The zero-order chi connectivity index (χ0) is 19.8. The van der Waals surface area contributed by atoms with Gasteiger partial charge in [0, 0.05) is 23.7 Å². The molecule has 0 aliphatic rings. The molecule has 0 atom stereocenters. The molecule has 1 heterocycles. The Morgan fingerprint density at radius 3 is 2.11 bits per heavy atom. The topological polar surface area (TPSA) is 108 Å². The van der Waals surface area contributed by atoms with Crippen molar-refractivity contribution in [3.05, 3.63) is 74.5 Å². The Hall–Kier alpha value is -3.76. The number of rotatable bonds is 4. The van der Waals surface area contributed by atoms with Crippen LogP contribution in [-0.2, 0) is 6.18 Å². The minimum absolute atomic E-state index is 0.0703. The van der Waals surface area contributed by atoms with Crippen molar-refractivity contribution < 1.29 is 27.8 Å². The highest BCUT2D eigenvalue weighted by molar-refractivity contribution is 5.84. The molecule has 3 rings (SSSR count). The van der Waals surface area contributed by atoms with E-state index >= 15 is 0 Å². The zero-order valence-electron chi connectivity index (χ0n) is 13.1. The quantitative estimate of drug-likeness (QED) is 0.473. The number of hydrogen-bond donors (Lipinski definition) is 0. The molecule has 0 amide bonds. The molecule has 8 nitrogen and oxygen atoms in total. The van der Waals surface area contributed by atoms with Gasteiger partial charge < -0.3 is 4.74 Å². The van der Waals surface area contributed by atoms with Crippen LogP contribution in [0, 0.1) is 20.2 Å². The highest BCUT2D eigenvalue weighted by Crippen LogP contribution is 2.45. The number of nitro benzene ring substituents is 2. The van der Waals surface area contributed by atoms with Crippen molar-refractivity contribution in [2.24, 2.45) is 0 Å². The molecule has 0 fully saturated rings. The Bertz CT molecular complexity index is 1030. The van der Waals surface area contributed by atoms with Crippen molar-refractivity contribution in [2.75, 3.05) is 0 Å². The third-order valence-corrected chi connectivity index (χ3v) is 3.58. The van der Waals surface area contributed by atoms with E-state index in [1.165, 1.54) is 18.3 Å². The lowest BCUT2D eigenvalue weighted by atomic mass is 10.1. The van der Waals surface area contributed by atoms with Crippen molar-refractivity contribution >= 4 is 22.3 Å². The minimum Gasteiger partial charge on any atom is -0.442 e. The first kappa shape index (κ1) is 18.0. The van der Waals surface area contributed by atoms with E-state index in [2.05, 4.69) is 4.98 Å². The number of pyridine rings is 1. The van der Waals surface area contributed by atoms with Gasteiger partial charge in [0.25, 0.3) is 5.75 Å². The van der Waals surface area contributed by atoms with Crippen LogP contribution in [0.5, 0.6) is 11.5 Å². The number of fused-ring (bicyclic) bond motifs is 1. The molecule has 0 bridgehead atoms. The Labute approximate surface area is 148 Å². The minimum atomic E-state index is -5.00. The number of alkyl halides is 3. The van der Waals surface area contributed by atoms with Crippen LogP contribution in [0.4, 0.5) is 24.5 Å². The Kier molecular flexibility index (Phi) is 4.35. The highest BCUT2D eigenvalue weighted by atomic mass is 19.4. The van der Waals surface area contributed by atoms with Crippen molar-refractivity contribution in [2.45, 2.75) is 6.18 Å². The maximum atomic E-state index is 12.9. The van der Waals surface area contributed by atoms with E-state index in [0.29, 0.717) is 5.39 Å². The average molecular weight is 379 g/mol. The van der Waals surface area contributed by atoms with Crippen molar-refractivity contribution in [3.63, 3.8) is 0 Å². The summed E-state index contributed by atoms with van der Waals surface area (Å²) in [5.41, 5.74) is -3.64. The summed E-state index contributed by atoms with van der Waals surface area (Å²) in [6, 6.07) is 8.19. The summed E-state index contributed by atoms with van der Waals surface area (Å²) in [5.74, 6) is -0.977. The molecule has 0 radical (unpaired) electrons. The maximum absolute atomic E-state index is 12.9. The standard InChI is InChI=1S/C16H8F3N3O5/c17-16(18,19)10-7-11(21(23)24)15(12(8-10)22(25)26)27-13-5-1-3-9-4-2-6-20-14(9)13/h1-8H. The number of aromatic nitrogens is 1. The molecule has 27 heavy (non-hydrogen) atoms. The summed E-state index contributed by atoms with van der Waals surface area (Å²) < 4.78 is 44.2. The molecule has 2 aromatic carbocycles. The molecule has 0 saturated heterocycles. The lowest BCUT2D eigenvalue weighted by molar-refractivity contribution is -0.396. The van der Waals surface area contributed by atoms with Crippen molar-refractivity contribution in [1.82, 2.24) is 4.98 Å². The summed E-state index contributed by atoms with van der Waals surface area (Å²) in [5, 5.41) is 23.1. The van der Waals surface area contributed by atoms with Gasteiger partial charge in [0.05, 0.1) is 15.4 Å². The van der Waals surface area contributed by atoms with E-state index in [0.717, 1.165) is 0 Å². The van der Waals surface area contributed by atoms with Gasteiger partial charge in [0.2, 0.25) is 0 Å². The number of hydrogen-bond acceptors (Lipinski definition) is 6. The van der Waals surface area contributed by atoms with Crippen LogP contribution in [-0.4, -0.2) is 14.8 Å². The van der Waals surface area contributed by atoms with Gasteiger partial charge >= 0.3 is 17.6 Å². The van der Waals surface area contributed by atoms with E-state index in [-0.39, 0.29) is 23.4 Å². The molecule has 0 spiro atoms. The first-order chi connectivity index (χ1) is 12.7. The fraction of sp³-hybridized carbons (Fsp3) is 0.0625. The van der Waals surface area contributed by atoms with Gasteiger partial charge in [-0.05, 0) is 12.1 Å². The first-order valence-corrected chi connectivity index (χ1v) is 7.24. The molecular formula is C16H8F3N3O5. The van der Waals surface area contributed by atoms with Gasteiger partial charge in [-0.1, -0.05) is 18.2 Å². The van der Waals surface area contributed by atoms with Crippen LogP contribution in [0.3, 0.4) is 0 Å². The van der Waals surface area contributed by atoms with Crippen LogP contribution in [0.15, 0.2) is 48.7 Å². The zero-order valence-corrected chi connectivity index (χ0v) is 13.1. The van der Waals surface area contributed by atoms with Crippen molar-refractivity contribution in [1.29, 1.82) is 0 Å². The van der Waals surface area contributed by atoms with Gasteiger partial charge in [-0.2, -0.15) is 13.2 Å². The number of halogens is 3. The molecule has 3 aromatic rings. The molecule has 0 saturated carbocycles.